The lowest BCUT2D eigenvalue weighted by molar-refractivity contribution is 0.600. The molecule has 0 aliphatic rings. The van der Waals surface area contributed by atoms with Gasteiger partial charge in [-0.25, -0.2) is 18.4 Å². The van der Waals surface area contributed by atoms with Gasteiger partial charge in [-0.15, -0.1) is 0 Å². The number of rotatable bonds is 5. The van der Waals surface area contributed by atoms with Crippen molar-refractivity contribution in [2.45, 2.75) is 12.7 Å². The summed E-state index contributed by atoms with van der Waals surface area (Å²) < 4.78 is 27.6. The van der Waals surface area contributed by atoms with Gasteiger partial charge < -0.3 is 4.98 Å². The monoisotopic (exact) mass is 412 g/mol. The maximum absolute atomic E-state index is 12.5. The Morgan fingerprint density at radius 3 is 2.68 bits per heavy atom. The number of fused-ring (bicyclic) bond motifs is 1. The highest BCUT2D eigenvalue weighted by atomic mass is 35.5. The number of pyridine rings is 1. The highest BCUT2D eigenvalue weighted by Gasteiger charge is 2.15. The first-order chi connectivity index (χ1) is 13.4. The minimum Gasteiger partial charge on any atom is -0.337 e. The molecule has 0 atom stereocenters. The summed E-state index contributed by atoms with van der Waals surface area (Å²) in [4.78, 5) is 11.9. The number of halogens is 1. The predicted molar refractivity (Wildman–Crippen MR) is 112 cm³/mol. The van der Waals surface area contributed by atoms with E-state index in [-0.39, 0.29) is 5.75 Å². The summed E-state index contributed by atoms with van der Waals surface area (Å²) in [5.41, 5.74) is 4.10. The fourth-order valence-corrected chi connectivity index (χ4v) is 4.31. The van der Waals surface area contributed by atoms with Crippen molar-refractivity contribution in [1.29, 1.82) is 0 Å². The summed E-state index contributed by atoms with van der Waals surface area (Å²) in [5.74, 6) is 0.418. The number of H-pyrrole nitrogens is 1. The molecule has 28 heavy (non-hydrogen) atoms. The van der Waals surface area contributed by atoms with Gasteiger partial charge in [0.05, 0.1) is 16.3 Å². The van der Waals surface area contributed by atoms with E-state index < -0.39 is 10.0 Å². The summed E-state index contributed by atoms with van der Waals surface area (Å²) in [6, 6.07) is 15.9. The first-order valence-corrected chi connectivity index (χ1v) is 10.6. The van der Waals surface area contributed by atoms with E-state index in [4.69, 9.17) is 11.6 Å². The van der Waals surface area contributed by atoms with Crippen LogP contribution in [0.3, 0.4) is 0 Å². The lowest BCUT2D eigenvalue weighted by Crippen LogP contribution is -2.15. The standard InChI is InChI=1S/C20H17ClN4O2S/c1-13-9-18-20(22-11-13)24-19(23-18)16-10-15(7-8-17(16)21)25-28(26,27)12-14-5-3-2-4-6-14/h2-11,25H,12H2,1H3,(H,22,23,24). The van der Waals surface area contributed by atoms with Crippen molar-refractivity contribution in [3.05, 3.63) is 76.9 Å². The third kappa shape index (κ3) is 4.00. The number of nitrogens with one attached hydrogen (secondary N) is 2. The summed E-state index contributed by atoms with van der Waals surface area (Å²) in [6.07, 6.45) is 1.74. The van der Waals surface area contributed by atoms with Gasteiger partial charge >= 0.3 is 0 Å². The number of hydrogen-bond donors (Lipinski definition) is 2. The molecular weight excluding hydrogens is 396 g/mol. The molecular formula is C20H17ClN4O2S. The van der Waals surface area contributed by atoms with Crippen molar-refractivity contribution in [3.63, 3.8) is 0 Å². The molecule has 4 rings (SSSR count). The van der Waals surface area contributed by atoms with Crippen LogP contribution in [0.5, 0.6) is 0 Å². The second-order valence-electron chi connectivity index (χ2n) is 6.51. The SMILES string of the molecule is Cc1cnc2nc(-c3cc(NS(=O)(=O)Cc4ccccc4)ccc3Cl)[nH]c2c1. The Labute approximate surface area is 167 Å². The average molecular weight is 413 g/mol. The second kappa shape index (κ2) is 7.26. The van der Waals surface area contributed by atoms with Crippen LogP contribution >= 0.6 is 11.6 Å². The zero-order valence-corrected chi connectivity index (χ0v) is 16.6. The molecule has 0 radical (unpaired) electrons. The van der Waals surface area contributed by atoms with E-state index in [0.717, 1.165) is 11.1 Å². The smallest absolute Gasteiger partial charge is 0.236 e. The van der Waals surface area contributed by atoms with E-state index in [9.17, 15) is 8.42 Å². The molecule has 0 unspecified atom stereocenters. The predicted octanol–water partition coefficient (Wildman–Crippen LogP) is 4.53. The minimum absolute atomic E-state index is 0.111. The van der Waals surface area contributed by atoms with Gasteiger partial charge in [-0.2, -0.15) is 0 Å². The highest BCUT2D eigenvalue weighted by Crippen LogP contribution is 2.30. The van der Waals surface area contributed by atoms with Crippen LogP contribution in [0, 0.1) is 6.92 Å². The number of imidazole rings is 1. The van der Waals surface area contributed by atoms with Crippen molar-refractivity contribution in [1.82, 2.24) is 15.0 Å². The highest BCUT2D eigenvalue weighted by molar-refractivity contribution is 7.91. The third-order valence-corrected chi connectivity index (χ3v) is 5.76. The van der Waals surface area contributed by atoms with E-state index in [1.54, 1.807) is 36.5 Å². The van der Waals surface area contributed by atoms with Crippen LogP contribution in [0.4, 0.5) is 5.69 Å². The third-order valence-electron chi connectivity index (χ3n) is 4.17. The summed E-state index contributed by atoms with van der Waals surface area (Å²) in [6.45, 7) is 1.95. The van der Waals surface area contributed by atoms with Gasteiger partial charge in [-0.05, 0) is 42.3 Å². The first-order valence-electron chi connectivity index (χ1n) is 8.56. The molecule has 2 aromatic carbocycles. The maximum atomic E-state index is 12.5. The topological polar surface area (TPSA) is 87.7 Å². The van der Waals surface area contributed by atoms with Crippen molar-refractivity contribution in [3.8, 4) is 11.4 Å². The molecule has 8 heteroatoms. The lowest BCUT2D eigenvalue weighted by Gasteiger charge is -2.10. The Bertz CT molecular complexity index is 1250. The van der Waals surface area contributed by atoms with Crippen LogP contribution in [0.2, 0.25) is 5.02 Å². The van der Waals surface area contributed by atoms with E-state index in [2.05, 4.69) is 19.7 Å². The zero-order valence-electron chi connectivity index (χ0n) is 15.0. The molecule has 142 valence electrons. The van der Waals surface area contributed by atoms with Crippen LogP contribution < -0.4 is 4.72 Å². The number of sulfonamides is 1. The Kier molecular flexibility index (Phi) is 4.78. The number of aryl methyl sites for hydroxylation is 1. The molecule has 6 nitrogen and oxygen atoms in total. The molecule has 0 fully saturated rings. The fraction of sp³-hybridized carbons (Fsp3) is 0.100. The Hall–Kier alpha value is -2.90. The van der Waals surface area contributed by atoms with Crippen molar-refractivity contribution >= 4 is 38.5 Å². The van der Waals surface area contributed by atoms with E-state index in [0.29, 0.717) is 33.3 Å². The van der Waals surface area contributed by atoms with Gasteiger partial charge in [0.2, 0.25) is 10.0 Å². The molecule has 0 spiro atoms. The molecule has 0 bridgehead atoms. The van der Waals surface area contributed by atoms with Crippen LogP contribution in [0.25, 0.3) is 22.6 Å². The molecule has 0 aliphatic heterocycles. The van der Waals surface area contributed by atoms with Gasteiger partial charge in [0.1, 0.15) is 5.82 Å². The summed E-state index contributed by atoms with van der Waals surface area (Å²) in [5, 5.41) is 0.460. The molecule has 2 N–H and O–H groups in total. The Balaban J connectivity index is 1.65. The van der Waals surface area contributed by atoms with Crippen molar-refractivity contribution in [2.24, 2.45) is 0 Å². The van der Waals surface area contributed by atoms with Crippen LogP contribution in [-0.4, -0.2) is 23.4 Å². The van der Waals surface area contributed by atoms with E-state index in [1.165, 1.54) is 0 Å². The van der Waals surface area contributed by atoms with Gasteiger partial charge in [-0.1, -0.05) is 41.9 Å². The number of aromatic nitrogens is 3. The van der Waals surface area contributed by atoms with Crippen molar-refractivity contribution in [2.75, 3.05) is 4.72 Å². The second-order valence-corrected chi connectivity index (χ2v) is 8.64. The number of anilines is 1. The van der Waals surface area contributed by atoms with Gasteiger partial charge in [0.25, 0.3) is 0 Å². The first kappa shape index (κ1) is 18.5. The largest absolute Gasteiger partial charge is 0.337 e. The molecule has 0 saturated heterocycles. The molecule has 2 aromatic heterocycles. The summed E-state index contributed by atoms with van der Waals surface area (Å²) in [7, 11) is -3.57. The maximum Gasteiger partial charge on any atom is 0.236 e. The lowest BCUT2D eigenvalue weighted by atomic mass is 10.2. The molecule has 2 heterocycles. The van der Waals surface area contributed by atoms with Crippen LogP contribution in [0.1, 0.15) is 11.1 Å². The Morgan fingerprint density at radius 2 is 1.89 bits per heavy atom. The number of aromatic amines is 1. The molecule has 0 saturated carbocycles. The Morgan fingerprint density at radius 1 is 1.11 bits per heavy atom. The van der Waals surface area contributed by atoms with E-state index in [1.807, 2.05) is 31.2 Å². The quantitative estimate of drug-likeness (QED) is 0.504. The van der Waals surface area contributed by atoms with Gasteiger partial charge in [0, 0.05) is 17.4 Å². The summed E-state index contributed by atoms with van der Waals surface area (Å²) >= 11 is 6.33. The number of nitrogens with zero attached hydrogens (tertiary/aromatic N) is 2. The normalized spacial score (nSPS) is 11.6. The van der Waals surface area contributed by atoms with Crippen LogP contribution in [0.15, 0.2) is 60.8 Å². The molecule has 0 amide bonds. The number of benzene rings is 2. The number of hydrogen-bond acceptors (Lipinski definition) is 4. The molecule has 0 aliphatic carbocycles. The zero-order chi connectivity index (χ0) is 19.7. The molecule has 4 aromatic rings. The van der Waals surface area contributed by atoms with Gasteiger partial charge in [0.15, 0.2) is 5.65 Å². The van der Waals surface area contributed by atoms with Gasteiger partial charge in [-0.3, -0.25) is 4.72 Å². The average Bonchev–Trinajstić information content (AvgIpc) is 3.06. The van der Waals surface area contributed by atoms with Crippen LogP contribution in [-0.2, 0) is 15.8 Å². The van der Waals surface area contributed by atoms with Crippen molar-refractivity contribution < 1.29 is 8.42 Å². The fourth-order valence-electron chi connectivity index (χ4n) is 2.91. The van der Waals surface area contributed by atoms with E-state index >= 15 is 0 Å². The minimum atomic E-state index is -3.57.